The van der Waals surface area contributed by atoms with Gasteiger partial charge in [0.05, 0.1) is 18.1 Å². The van der Waals surface area contributed by atoms with E-state index in [0.717, 1.165) is 6.07 Å². The lowest BCUT2D eigenvalue weighted by atomic mass is 9.99. The second-order valence-electron chi connectivity index (χ2n) is 5.74. The van der Waals surface area contributed by atoms with Crippen molar-refractivity contribution in [2.24, 2.45) is 0 Å². The number of nitrogens with one attached hydrogen (secondary N) is 1. The third kappa shape index (κ3) is 3.92. The molecule has 1 aromatic heterocycles. The van der Waals surface area contributed by atoms with E-state index >= 15 is 0 Å². The van der Waals surface area contributed by atoms with Gasteiger partial charge in [0.2, 0.25) is 0 Å². The van der Waals surface area contributed by atoms with Crippen LogP contribution in [0.25, 0.3) is 16.8 Å². The molecule has 0 bridgehead atoms. The van der Waals surface area contributed by atoms with Crippen LogP contribution in [0.15, 0.2) is 73.7 Å². The molecule has 0 aliphatic carbocycles. The van der Waals surface area contributed by atoms with Gasteiger partial charge in [-0.15, -0.1) is 6.58 Å². The standard InChI is InChI=1S/C20H16F3N3O/c1-2-10-25-19(27)18-12-24-13-26(18)15-7-5-6-14(11-15)16-8-3-4-9-17(16)20(21,22)23/h2-9,11-13H,1,10H2,(H,25,27). The second kappa shape index (κ2) is 7.49. The summed E-state index contributed by atoms with van der Waals surface area (Å²) in [6.07, 6.45) is -0.0724. The van der Waals surface area contributed by atoms with Crippen LogP contribution >= 0.6 is 0 Å². The maximum atomic E-state index is 13.3. The van der Waals surface area contributed by atoms with E-state index in [1.165, 1.54) is 29.2 Å². The summed E-state index contributed by atoms with van der Waals surface area (Å²) in [4.78, 5) is 16.2. The summed E-state index contributed by atoms with van der Waals surface area (Å²) in [6, 6.07) is 11.9. The van der Waals surface area contributed by atoms with Gasteiger partial charge in [-0.05, 0) is 29.3 Å². The Labute approximate surface area is 154 Å². The zero-order chi connectivity index (χ0) is 19.4. The quantitative estimate of drug-likeness (QED) is 0.673. The highest BCUT2D eigenvalue weighted by Gasteiger charge is 2.33. The predicted octanol–water partition coefficient (Wildman–Crippen LogP) is 4.47. The van der Waals surface area contributed by atoms with E-state index in [0.29, 0.717) is 17.8 Å². The number of amides is 1. The highest BCUT2D eigenvalue weighted by atomic mass is 19.4. The van der Waals surface area contributed by atoms with E-state index in [4.69, 9.17) is 0 Å². The molecule has 0 spiro atoms. The molecule has 1 heterocycles. The van der Waals surface area contributed by atoms with Crippen molar-refractivity contribution in [3.63, 3.8) is 0 Å². The summed E-state index contributed by atoms with van der Waals surface area (Å²) in [7, 11) is 0. The Balaban J connectivity index is 2.03. The molecule has 0 radical (unpaired) electrons. The Kier molecular flexibility index (Phi) is 5.12. The molecule has 0 saturated heterocycles. The van der Waals surface area contributed by atoms with Gasteiger partial charge in [0, 0.05) is 12.2 Å². The number of hydrogen-bond acceptors (Lipinski definition) is 2. The van der Waals surface area contributed by atoms with Crippen LogP contribution in [0.4, 0.5) is 13.2 Å². The highest BCUT2D eigenvalue weighted by Crippen LogP contribution is 2.37. The molecule has 4 nitrogen and oxygen atoms in total. The Morgan fingerprint density at radius 1 is 1.19 bits per heavy atom. The summed E-state index contributed by atoms with van der Waals surface area (Å²) in [5.74, 6) is -0.353. The van der Waals surface area contributed by atoms with Gasteiger partial charge in [0.1, 0.15) is 5.69 Å². The summed E-state index contributed by atoms with van der Waals surface area (Å²) in [5, 5.41) is 2.65. The third-order valence-corrected chi connectivity index (χ3v) is 3.95. The summed E-state index contributed by atoms with van der Waals surface area (Å²) in [5.41, 5.74) is 0.566. The molecule has 3 rings (SSSR count). The average Bonchev–Trinajstić information content (AvgIpc) is 3.15. The van der Waals surface area contributed by atoms with Gasteiger partial charge in [0.25, 0.3) is 5.91 Å². The molecule has 1 N–H and O–H groups in total. The normalized spacial score (nSPS) is 11.2. The van der Waals surface area contributed by atoms with Crippen molar-refractivity contribution in [2.45, 2.75) is 6.18 Å². The fourth-order valence-electron chi connectivity index (χ4n) is 2.73. The minimum absolute atomic E-state index is 0.0737. The molecule has 0 aliphatic rings. The van der Waals surface area contributed by atoms with Gasteiger partial charge in [-0.3, -0.25) is 9.36 Å². The largest absolute Gasteiger partial charge is 0.417 e. The maximum absolute atomic E-state index is 13.3. The number of carbonyl (C=O) groups excluding carboxylic acids is 1. The molecule has 2 aromatic carbocycles. The first kappa shape index (κ1) is 18.4. The predicted molar refractivity (Wildman–Crippen MR) is 96.5 cm³/mol. The Morgan fingerprint density at radius 2 is 1.96 bits per heavy atom. The average molecular weight is 371 g/mol. The number of nitrogens with zero attached hydrogens (tertiary/aromatic N) is 2. The van der Waals surface area contributed by atoms with E-state index in [1.54, 1.807) is 36.4 Å². The second-order valence-corrected chi connectivity index (χ2v) is 5.74. The molecule has 7 heteroatoms. The number of rotatable bonds is 5. The minimum atomic E-state index is -4.46. The first-order chi connectivity index (χ1) is 12.9. The van der Waals surface area contributed by atoms with E-state index in [-0.39, 0.29) is 17.2 Å². The van der Waals surface area contributed by atoms with Crippen LogP contribution in [-0.2, 0) is 6.18 Å². The fraction of sp³-hybridized carbons (Fsp3) is 0.100. The van der Waals surface area contributed by atoms with Crippen molar-refractivity contribution in [2.75, 3.05) is 6.54 Å². The number of alkyl halides is 3. The van der Waals surface area contributed by atoms with Crippen molar-refractivity contribution >= 4 is 5.91 Å². The fourth-order valence-corrected chi connectivity index (χ4v) is 2.73. The van der Waals surface area contributed by atoms with E-state index in [9.17, 15) is 18.0 Å². The Morgan fingerprint density at radius 3 is 2.70 bits per heavy atom. The first-order valence-electron chi connectivity index (χ1n) is 8.10. The zero-order valence-corrected chi connectivity index (χ0v) is 14.2. The number of aromatic nitrogens is 2. The molecule has 27 heavy (non-hydrogen) atoms. The molecular formula is C20H16F3N3O. The maximum Gasteiger partial charge on any atom is 0.417 e. The van der Waals surface area contributed by atoms with E-state index < -0.39 is 11.7 Å². The molecule has 0 fully saturated rings. The first-order valence-corrected chi connectivity index (χ1v) is 8.10. The van der Waals surface area contributed by atoms with Crippen molar-refractivity contribution in [3.05, 3.63) is 85.0 Å². The lowest BCUT2D eigenvalue weighted by molar-refractivity contribution is -0.137. The highest BCUT2D eigenvalue weighted by molar-refractivity contribution is 5.93. The smallest absolute Gasteiger partial charge is 0.347 e. The molecule has 3 aromatic rings. The lowest BCUT2D eigenvalue weighted by Crippen LogP contribution is -2.25. The third-order valence-electron chi connectivity index (χ3n) is 3.95. The topological polar surface area (TPSA) is 46.9 Å². The Hall–Kier alpha value is -3.35. The van der Waals surface area contributed by atoms with Crippen LogP contribution in [0.2, 0.25) is 0 Å². The molecular weight excluding hydrogens is 355 g/mol. The van der Waals surface area contributed by atoms with Gasteiger partial charge in [-0.25, -0.2) is 4.98 Å². The van der Waals surface area contributed by atoms with Gasteiger partial charge >= 0.3 is 6.18 Å². The van der Waals surface area contributed by atoms with Gasteiger partial charge in [-0.2, -0.15) is 13.2 Å². The number of imidazole rings is 1. The van der Waals surface area contributed by atoms with Crippen LogP contribution in [0.5, 0.6) is 0 Å². The number of carbonyl (C=O) groups is 1. The van der Waals surface area contributed by atoms with E-state index in [2.05, 4.69) is 16.9 Å². The van der Waals surface area contributed by atoms with Crippen molar-refractivity contribution in [1.82, 2.24) is 14.9 Å². The van der Waals surface area contributed by atoms with Crippen LogP contribution in [0, 0.1) is 0 Å². The van der Waals surface area contributed by atoms with Crippen molar-refractivity contribution in [1.29, 1.82) is 0 Å². The van der Waals surface area contributed by atoms with Gasteiger partial charge in [-0.1, -0.05) is 36.4 Å². The molecule has 0 saturated carbocycles. The number of hydrogen-bond donors (Lipinski definition) is 1. The van der Waals surface area contributed by atoms with Crippen LogP contribution in [0.1, 0.15) is 16.1 Å². The van der Waals surface area contributed by atoms with Crippen LogP contribution < -0.4 is 5.32 Å². The summed E-state index contributed by atoms with van der Waals surface area (Å²) in [6.45, 7) is 3.83. The van der Waals surface area contributed by atoms with Crippen molar-refractivity contribution in [3.8, 4) is 16.8 Å². The van der Waals surface area contributed by atoms with Gasteiger partial charge in [0.15, 0.2) is 0 Å². The van der Waals surface area contributed by atoms with Crippen LogP contribution in [0.3, 0.4) is 0 Å². The molecule has 0 aliphatic heterocycles. The number of halogens is 3. The minimum Gasteiger partial charge on any atom is -0.347 e. The zero-order valence-electron chi connectivity index (χ0n) is 14.2. The molecule has 0 atom stereocenters. The monoisotopic (exact) mass is 371 g/mol. The molecule has 1 amide bonds. The molecule has 0 unspecified atom stereocenters. The summed E-state index contributed by atoms with van der Waals surface area (Å²) < 4.78 is 41.5. The SMILES string of the molecule is C=CCNC(=O)c1cncn1-c1cccc(-c2ccccc2C(F)(F)F)c1. The van der Waals surface area contributed by atoms with E-state index in [1.807, 2.05) is 0 Å². The summed E-state index contributed by atoms with van der Waals surface area (Å²) >= 11 is 0. The van der Waals surface area contributed by atoms with Gasteiger partial charge < -0.3 is 5.32 Å². The number of benzene rings is 2. The van der Waals surface area contributed by atoms with Crippen molar-refractivity contribution < 1.29 is 18.0 Å². The lowest BCUT2D eigenvalue weighted by Gasteiger charge is -2.14. The molecule has 138 valence electrons. The van der Waals surface area contributed by atoms with Crippen LogP contribution in [-0.4, -0.2) is 22.0 Å². The Bertz CT molecular complexity index is 976.